The van der Waals surface area contributed by atoms with Crippen LogP contribution in [0.5, 0.6) is 0 Å². The number of carbonyl (C=O) groups excluding carboxylic acids is 1. The zero-order valence-electron chi connectivity index (χ0n) is 19.9. The standard InChI is InChI=1S/C25H28N6O3/c1-25(2,3)34-24(33)30-11-9-29(10-12-30)18-5-7-20-22(14-18)26-16-31(23(20)32)19-6-8-21-17(13-19)15-28(4)27-21/h5-8,13-16H,9-12H2,1-4H3. The normalized spacial score (nSPS) is 14.7. The van der Waals surface area contributed by atoms with Gasteiger partial charge in [-0.25, -0.2) is 9.78 Å². The van der Waals surface area contributed by atoms with Crippen LogP contribution >= 0.6 is 0 Å². The molecule has 0 N–H and O–H groups in total. The monoisotopic (exact) mass is 460 g/mol. The predicted molar refractivity (Wildman–Crippen MR) is 132 cm³/mol. The number of anilines is 1. The van der Waals surface area contributed by atoms with Gasteiger partial charge in [0.05, 0.1) is 22.1 Å². The molecule has 1 amide bonds. The van der Waals surface area contributed by atoms with E-state index in [1.165, 1.54) is 0 Å². The van der Waals surface area contributed by atoms with Crippen LogP contribution in [0.1, 0.15) is 20.8 Å². The maximum atomic E-state index is 13.2. The molecule has 0 aliphatic carbocycles. The van der Waals surface area contributed by atoms with Gasteiger partial charge in [0.25, 0.3) is 5.56 Å². The van der Waals surface area contributed by atoms with Crippen LogP contribution in [0.2, 0.25) is 0 Å². The third-order valence-electron chi connectivity index (χ3n) is 5.92. The molecule has 1 saturated heterocycles. The van der Waals surface area contributed by atoms with E-state index in [1.54, 1.807) is 20.5 Å². The molecule has 5 rings (SSSR count). The van der Waals surface area contributed by atoms with Crippen LogP contribution in [0.15, 0.2) is 53.7 Å². The molecule has 1 aliphatic heterocycles. The van der Waals surface area contributed by atoms with Gasteiger partial charge in [-0.05, 0) is 57.2 Å². The first-order chi connectivity index (χ1) is 16.2. The highest BCUT2D eigenvalue weighted by Crippen LogP contribution is 2.22. The van der Waals surface area contributed by atoms with E-state index in [2.05, 4.69) is 15.0 Å². The molecule has 0 atom stereocenters. The molecular weight excluding hydrogens is 432 g/mol. The Labute approximate surface area is 197 Å². The molecule has 9 heteroatoms. The number of ether oxygens (including phenoxy) is 1. The second-order valence-electron chi connectivity index (χ2n) is 9.62. The Bertz CT molecular complexity index is 1440. The number of hydrogen-bond acceptors (Lipinski definition) is 6. The van der Waals surface area contributed by atoms with Crippen LogP contribution in [0, 0.1) is 0 Å². The zero-order valence-corrected chi connectivity index (χ0v) is 19.9. The quantitative estimate of drug-likeness (QED) is 0.456. The van der Waals surface area contributed by atoms with Crippen molar-refractivity contribution in [3.05, 3.63) is 59.3 Å². The average molecular weight is 461 g/mol. The third kappa shape index (κ3) is 4.21. The molecule has 0 radical (unpaired) electrons. The highest BCUT2D eigenvalue weighted by atomic mass is 16.6. The molecular formula is C25H28N6O3. The number of piperazine rings is 1. The van der Waals surface area contributed by atoms with E-state index < -0.39 is 5.60 Å². The summed E-state index contributed by atoms with van der Waals surface area (Å²) in [6.45, 7) is 8.15. The predicted octanol–water partition coefficient (Wildman–Crippen LogP) is 3.33. The maximum absolute atomic E-state index is 13.2. The summed E-state index contributed by atoms with van der Waals surface area (Å²) in [6.07, 6.45) is 3.22. The second kappa shape index (κ2) is 8.16. The third-order valence-corrected chi connectivity index (χ3v) is 5.92. The summed E-state index contributed by atoms with van der Waals surface area (Å²) < 4.78 is 8.80. The lowest BCUT2D eigenvalue weighted by molar-refractivity contribution is 0.0240. The fraction of sp³-hybridized carbons (Fsp3) is 0.360. The lowest BCUT2D eigenvalue weighted by atomic mass is 10.2. The van der Waals surface area contributed by atoms with Crippen molar-refractivity contribution < 1.29 is 9.53 Å². The van der Waals surface area contributed by atoms with Crippen molar-refractivity contribution in [3.8, 4) is 5.69 Å². The Hall–Kier alpha value is -3.88. The van der Waals surface area contributed by atoms with Gasteiger partial charge in [-0.15, -0.1) is 0 Å². The van der Waals surface area contributed by atoms with Gasteiger partial charge in [0.1, 0.15) is 11.9 Å². The minimum absolute atomic E-state index is 0.116. The van der Waals surface area contributed by atoms with E-state index in [9.17, 15) is 9.59 Å². The molecule has 9 nitrogen and oxygen atoms in total. The van der Waals surface area contributed by atoms with Gasteiger partial charge >= 0.3 is 6.09 Å². The van der Waals surface area contributed by atoms with E-state index in [0.717, 1.165) is 22.3 Å². The molecule has 1 aliphatic rings. The molecule has 0 spiro atoms. The number of hydrogen-bond donors (Lipinski definition) is 0. The van der Waals surface area contributed by atoms with Crippen LogP contribution in [0.4, 0.5) is 10.5 Å². The van der Waals surface area contributed by atoms with Crippen molar-refractivity contribution in [1.29, 1.82) is 0 Å². The summed E-state index contributed by atoms with van der Waals surface area (Å²) in [5.74, 6) is 0. The number of fused-ring (bicyclic) bond motifs is 2. The molecule has 0 unspecified atom stereocenters. The number of benzene rings is 2. The summed E-state index contributed by atoms with van der Waals surface area (Å²) in [7, 11) is 1.87. The van der Waals surface area contributed by atoms with Gasteiger partial charge in [-0.1, -0.05) is 0 Å². The van der Waals surface area contributed by atoms with Crippen molar-refractivity contribution in [2.45, 2.75) is 26.4 Å². The largest absolute Gasteiger partial charge is 0.444 e. The number of aryl methyl sites for hydroxylation is 1. The van der Waals surface area contributed by atoms with Gasteiger partial charge in [0.2, 0.25) is 0 Å². The maximum Gasteiger partial charge on any atom is 0.410 e. The van der Waals surface area contributed by atoms with Crippen LogP contribution in [0.3, 0.4) is 0 Å². The molecule has 0 bridgehead atoms. The van der Waals surface area contributed by atoms with Gasteiger partial charge in [0.15, 0.2) is 0 Å². The number of amides is 1. The van der Waals surface area contributed by atoms with Crippen molar-refractivity contribution in [2.24, 2.45) is 7.05 Å². The van der Waals surface area contributed by atoms with Crippen LogP contribution in [-0.2, 0) is 11.8 Å². The molecule has 1 fully saturated rings. The van der Waals surface area contributed by atoms with Crippen LogP contribution in [0.25, 0.3) is 27.5 Å². The minimum Gasteiger partial charge on any atom is -0.444 e. The van der Waals surface area contributed by atoms with E-state index in [4.69, 9.17) is 4.74 Å². The Kier molecular flexibility index (Phi) is 5.27. The van der Waals surface area contributed by atoms with Gasteiger partial charge in [-0.2, -0.15) is 5.10 Å². The SMILES string of the molecule is Cn1cc2cc(-n3cnc4cc(N5CCN(C(=O)OC(C)(C)C)CC5)ccc4c3=O)ccc2n1. The fourth-order valence-electron chi connectivity index (χ4n) is 4.25. The number of nitrogens with zero attached hydrogens (tertiary/aromatic N) is 6. The summed E-state index contributed by atoms with van der Waals surface area (Å²) >= 11 is 0. The van der Waals surface area contributed by atoms with Crippen LogP contribution in [-0.4, -0.2) is 62.1 Å². The molecule has 4 aromatic rings. The van der Waals surface area contributed by atoms with E-state index in [1.807, 2.05) is 70.4 Å². The number of aromatic nitrogens is 4. The molecule has 0 saturated carbocycles. The Morgan fingerprint density at radius 1 is 0.971 bits per heavy atom. The number of carbonyl (C=O) groups is 1. The van der Waals surface area contributed by atoms with Crippen molar-refractivity contribution in [1.82, 2.24) is 24.2 Å². The summed E-state index contributed by atoms with van der Waals surface area (Å²) in [4.78, 5) is 34.1. The summed E-state index contributed by atoms with van der Waals surface area (Å²) in [5, 5.41) is 5.91. The lowest BCUT2D eigenvalue weighted by Gasteiger charge is -2.36. The van der Waals surface area contributed by atoms with Gasteiger partial charge < -0.3 is 14.5 Å². The molecule has 2 aromatic heterocycles. The van der Waals surface area contributed by atoms with Crippen molar-refractivity contribution >= 4 is 33.6 Å². The first-order valence-electron chi connectivity index (χ1n) is 11.4. The van der Waals surface area contributed by atoms with Gasteiger partial charge in [0, 0.05) is 50.5 Å². The van der Waals surface area contributed by atoms with Crippen LogP contribution < -0.4 is 10.5 Å². The average Bonchev–Trinajstić information content (AvgIpc) is 3.17. The zero-order chi connectivity index (χ0) is 24.0. The van der Waals surface area contributed by atoms with Gasteiger partial charge in [-0.3, -0.25) is 14.0 Å². The highest BCUT2D eigenvalue weighted by molar-refractivity contribution is 5.83. The Balaban J connectivity index is 1.36. The molecule has 2 aromatic carbocycles. The topological polar surface area (TPSA) is 85.5 Å². The smallest absolute Gasteiger partial charge is 0.410 e. The fourth-order valence-corrected chi connectivity index (χ4v) is 4.25. The first-order valence-corrected chi connectivity index (χ1v) is 11.4. The second-order valence-corrected chi connectivity index (χ2v) is 9.62. The molecule has 176 valence electrons. The summed E-state index contributed by atoms with van der Waals surface area (Å²) in [5.41, 5.74) is 2.64. The number of rotatable bonds is 2. The lowest BCUT2D eigenvalue weighted by Crippen LogP contribution is -2.50. The van der Waals surface area contributed by atoms with E-state index in [0.29, 0.717) is 37.1 Å². The minimum atomic E-state index is -0.505. The summed E-state index contributed by atoms with van der Waals surface area (Å²) in [6, 6.07) is 11.4. The Morgan fingerprint density at radius 3 is 2.44 bits per heavy atom. The highest BCUT2D eigenvalue weighted by Gasteiger charge is 2.26. The first kappa shape index (κ1) is 21.9. The Morgan fingerprint density at radius 2 is 1.71 bits per heavy atom. The molecule has 34 heavy (non-hydrogen) atoms. The van der Waals surface area contributed by atoms with Crippen molar-refractivity contribution in [3.63, 3.8) is 0 Å². The van der Waals surface area contributed by atoms with E-state index in [-0.39, 0.29) is 11.7 Å². The van der Waals surface area contributed by atoms with Crippen molar-refractivity contribution in [2.75, 3.05) is 31.1 Å². The van der Waals surface area contributed by atoms with E-state index >= 15 is 0 Å². The molecule has 3 heterocycles.